The molecule has 1 aliphatic rings. The molecular weight excluding hydrogens is 433 g/mol. The number of carbonyl (C=O) groups excluding carboxylic acids is 3. The monoisotopic (exact) mass is 449 g/mol. The summed E-state index contributed by atoms with van der Waals surface area (Å²) in [5.74, 6) is -2.52. The molecule has 0 saturated heterocycles. The van der Waals surface area contributed by atoms with Crippen molar-refractivity contribution in [2.45, 2.75) is 0 Å². The Morgan fingerprint density at radius 2 is 1.53 bits per heavy atom. The van der Waals surface area contributed by atoms with Crippen LogP contribution in [0, 0.1) is 5.82 Å². The maximum absolute atomic E-state index is 14.1. The molecule has 0 fully saturated rings. The van der Waals surface area contributed by atoms with Gasteiger partial charge in [-0.15, -0.1) is 0 Å². The molecular formula is C24H17ClFN3O3. The van der Waals surface area contributed by atoms with Gasteiger partial charge in [0.25, 0.3) is 17.7 Å². The molecule has 0 aliphatic carbocycles. The lowest BCUT2D eigenvalue weighted by molar-refractivity contribution is -0.120. The molecule has 1 heterocycles. The molecule has 0 unspecified atom stereocenters. The summed E-state index contributed by atoms with van der Waals surface area (Å²) >= 11 is 6.08. The van der Waals surface area contributed by atoms with Crippen LogP contribution in [0.25, 0.3) is 0 Å². The van der Waals surface area contributed by atoms with Gasteiger partial charge < -0.3 is 10.2 Å². The Labute approximate surface area is 188 Å². The highest BCUT2D eigenvalue weighted by atomic mass is 35.5. The molecule has 6 nitrogen and oxygen atoms in total. The number of nitrogens with zero attached hydrogens (tertiary/aromatic N) is 2. The lowest BCUT2D eigenvalue weighted by atomic mass is 10.1. The van der Waals surface area contributed by atoms with Gasteiger partial charge in [0.05, 0.1) is 5.69 Å². The van der Waals surface area contributed by atoms with Gasteiger partial charge in [-0.25, -0.2) is 9.29 Å². The summed E-state index contributed by atoms with van der Waals surface area (Å²) in [6.07, 6.45) is 0. The average molecular weight is 450 g/mol. The quantitative estimate of drug-likeness (QED) is 0.581. The SMILES string of the molecule is CN(C(=O)c1ccc(NC2=C(Cl)C(=O)N(c3ccccc3F)C2=O)cc1)c1ccccc1. The van der Waals surface area contributed by atoms with Crippen molar-refractivity contribution in [2.75, 3.05) is 22.2 Å². The number of hydrogen-bond donors (Lipinski definition) is 1. The summed E-state index contributed by atoms with van der Waals surface area (Å²) < 4.78 is 14.1. The van der Waals surface area contributed by atoms with Gasteiger partial charge in [-0.05, 0) is 48.5 Å². The van der Waals surface area contributed by atoms with E-state index < -0.39 is 17.6 Å². The summed E-state index contributed by atoms with van der Waals surface area (Å²) in [6, 6.07) is 21.0. The van der Waals surface area contributed by atoms with Gasteiger partial charge in [-0.3, -0.25) is 14.4 Å². The second kappa shape index (κ2) is 8.64. The van der Waals surface area contributed by atoms with Crippen LogP contribution in [0.5, 0.6) is 0 Å². The predicted molar refractivity (Wildman–Crippen MR) is 121 cm³/mol. The van der Waals surface area contributed by atoms with Crippen molar-refractivity contribution in [1.29, 1.82) is 0 Å². The minimum Gasteiger partial charge on any atom is -0.350 e. The molecule has 3 aromatic rings. The Balaban J connectivity index is 1.52. The second-order valence-corrected chi connectivity index (χ2v) is 7.37. The normalized spacial score (nSPS) is 13.5. The fourth-order valence-corrected chi connectivity index (χ4v) is 3.48. The number of para-hydroxylation sites is 2. The fourth-order valence-electron chi connectivity index (χ4n) is 3.27. The molecule has 1 aliphatic heterocycles. The highest BCUT2D eigenvalue weighted by Gasteiger charge is 2.40. The van der Waals surface area contributed by atoms with Gasteiger partial charge in [0, 0.05) is 24.0 Å². The lowest BCUT2D eigenvalue weighted by Gasteiger charge is -2.18. The number of imide groups is 1. The van der Waals surface area contributed by atoms with Crippen molar-refractivity contribution < 1.29 is 18.8 Å². The number of anilines is 3. The van der Waals surface area contributed by atoms with Gasteiger partial charge in [0.1, 0.15) is 16.5 Å². The molecule has 0 bridgehead atoms. The van der Waals surface area contributed by atoms with E-state index in [1.54, 1.807) is 31.3 Å². The van der Waals surface area contributed by atoms with E-state index >= 15 is 0 Å². The summed E-state index contributed by atoms with van der Waals surface area (Å²) in [5.41, 5.74) is 1.28. The van der Waals surface area contributed by atoms with Crippen molar-refractivity contribution >= 4 is 46.4 Å². The standard InChI is InChI=1S/C24H17ClFN3O3/c1-28(17-7-3-2-4-8-17)22(30)15-11-13-16(14-12-15)27-21-20(25)23(31)29(24(21)32)19-10-6-5-9-18(19)26/h2-14,27H,1H3. The van der Waals surface area contributed by atoms with Crippen LogP contribution in [0.1, 0.15) is 10.4 Å². The van der Waals surface area contributed by atoms with Crippen molar-refractivity contribution in [3.8, 4) is 0 Å². The number of halogens is 2. The first kappa shape index (κ1) is 21.3. The molecule has 1 N–H and O–H groups in total. The maximum atomic E-state index is 14.1. The van der Waals surface area contributed by atoms with Crippen LogP contribution in [0.15, 0.2) is 89.6 Å². The number of nitrogens with one attached hydrogen (secondary N) is 1. The van der Waals surface area contributed by atoms with Crippen LogP contribution in [0.3, 0.4) is 0 Å². The zero-order chi connectivity index (χ0) is 22.8. The Morgan fingerprint density at radius 1 is 0.906 bits per heavy atom. The number of hydrogen-bond acceptors (Lipinski definition) is 4. The molecule has 0 saturated carbocycles. The first-order chi connectivity index (χ1) is 15.4. The van der Waals surface area contributed by atoms with E-state index in [-0.39, 0.29) is 22.3 Å². The zero-order valence-electron chi connectivity index (χ0n) is 16.9. The van der Waals surface area contributed by atoms with Crippen LogP contribution in [-0.2, 0) is 9.59 Å². The number of rotatable bonds is 5. The van der Waals surface area contributed by atoms with E-state index in [4.69, 9.17) is 11.6 Å². The van der Waals surface area contributed by atoms with E-state index in [0.29, 0.717) is 16.2 Å². The highest BCUT2D eigenvalue weighted by molar-refractivity contribution is 6.53. The van der Waals surface area contributed by atoms with Crippen LogP contribution < -0.4 is 15.1 Å². The van der Waals surface area contributed by atoms with Gasteiger partial charge in [0.15, 0.2) is 0 Å². The third-order valence-electron chi connectivity index (χ3n) is 4.97. The Morgan fingerprint density at radius 3 is 2.19 bits per heavy atom. The average Bonchev–Trinajstić information content (AvgIpc) is 3.02. The molecule has 3 aromatic carbocycles. The summed E-state index contributed by atoms with van der Waals surface area (Å²) in [7, 11) is 1.68. The zero-order valence-corrected chi connectivity index (χ0v) is 17.6. The third-order valence-corrected chi connectivity index (χ3v) is 5.32. The van der Waals surface area contributed by atoms with E-state index in [9.17, 15) is 18.8 Å². The largest absolute Gasteiger partial charge is 0.350 e. The van der Waals surface area contributed by atoms with Crippen molar-refractivity contribution in [3.05, 3.63) is 101 Å². The van der Waals surface area contributed by atoms with Gasteiger partial charge in [-0.2, -0.15) is 0 Å². The van der Waals surface area contributed by atoms with E-state index in [2.05, 4.69) is 5.32 Å². The topological polar surface area (TPSA) is 69.7 Å². The van der Waals surface area contributed by atoms with Crippen molar-refractivity contribution in [2.24, 2.45) is 0 Å². The van der Waals surface area contributed by atoms with Crippen molar-refractivity contribution in [3.63, 3.8) is 0 Å². The second-order valence-electron chi connectivity index (χ2n) is 6.99. The molecule has 0 aromatic heterocycles. The Bertz CT molecular complexity index is 1240. The lowest BCUT2D eigenvalue weighted by Crippen LogP contribution is -2.33. The minimum atomic E-state index is -0.819. The number of benzene rings is 3. The molecule has 3 amide bonds. The predicted octanol–water partition coefficient (Wildman–Crippen LogP) is 4.54. The summed E-state index contributed by atoms with van der Waals surface area (Å²) in [4.78, 5) is 40.2. The van der Waals surface area contributed by atoms with E-state index in [1.807, 2.05) is 30.3 Å². The van der Waals surface area contributed by atoms with Crippen LogP contribution in [0.2, 0.25) is 0 Å². The molecule has 4 rings (SSSR count). The Hall–Kier alpha value is -3.97. The van der Waals surface area contributed by atoms with Crippen LogP contribution in [-0.4, -0.2) is 24.8 Å². The van der Waals surface area contributed by atoms with Crippen molar-refractivity contribution in [1.82, 2.24) is 0 Å². The van der Waals surface area contributed by atoms with E-state index in [0.717, 1.165) is 11.8 Å². The first-order valence-electron chi connectivity index (χ1n) is 9.61. The van der Waals surface area contributed by atoms with Gasteiger partial charge in [0.2, 0.25) is 0 Å². The Kier molecular flexibility index (Phi) is 5.75. The number of carbonyl (C=O) groups is 3. The summed E-state index contributed by atoms with van der Waals surface area (Å²) in [5, 5.41) is 2.46. The molecule has 0 spiro atoms. The highest BCUT2D eigenvalue weighted by Crippen LogP contribution is 2.31. The van der Waals surface area contributed by atoms with Gasteiger partial charge >= 0.3 is 0 Å². The molecule has 32 heavy (non-hydrogen) atoms. The molecule has 8 heteroatoms. The molecule has 160 valence electrons. The maximum Gasteiger partial charge on any atom is 0.283 e. The van der Waals surface area contributed by atoms with Crippen LogP contribution >= 0.6 is 11.6 Å². The smallest absolute Gasteiger partial charge is 0.283 e. The fraction of sp³-hybridized carbons (Fsp3) is 0.0417. The molecule has 0 radical (unpaired) electrons. The number of amides is 3. The van der Waals surface area contributed by atoms with Crippen LogP contribution in [0.4, 0.5) is 21.5 Å². The third kappa shape index (κ3) is 3.86. The molecule has 0 atom stereocenters. The first-order valence-corrected chi connectivity index (χ1v) is 9.99. The van der Waals surface area contributed by atoms with Gasteiger partial charge in [-0.1, -0.05) is 41.9 Å². The minimum absolute atomic E-state index is 0.166. The van der Waals surface area contributed by atoms with E-state index in [1.165, 1.54) is 23.1 Å². The summed E-state index contributed by atoms with van der Waals surface area (Å²) in [6.45, 7) is 0.